The molecule has 15 heavy (non-hydrogen) atoms. The van der Waals surface area contributed by atoms with Gasteiger partial charge in [-0.3, -0.25) is 4.18 Å². The molecule has 92 valence electrons. The smallest absolute Gasteiger partial charge is 0.296 e. The van der Waals surface area contributed by atoms with Crippen LogP contribution in [0.2, 0.25) is 0 Å². The van der Waals surface area contributed by atoms with E-state index in [0.717, 1.165) is 20.0 Å². The average molecular weight is 240 g/mol. The van der Waals surface area contributed by atoms with Crippen molar-refractivity contribution in [3.63, 3.8) is 0 Å². The van der Waals surface area contributed by atoms with Gasteiger partial charge in [-0.1, -0.05) is 26.7 Å². The lowest BCUT2D eigenvalue weighted by atomic mass is 10.1. The summed E-state index contributed by atoms with van der Waals surface area (Å²) in [7, 11) is -2.87. The predicted octanol–water partition coefficient (Wildman–Crippen LogP) is 0.734. The van der Waals surface area contributed by atoms with Gasteiger partial charge >= 0.3 is 0 Å². The van der Waals surface area contributed by atoms with Gasteiger partial charge in [0.1, 0.15) is 0 Å². The number of ether oxygens (including phenoxy) is 1. The fourth-order valence-electron chi connectivity index (χ4n) is 1.05. The van der Waals surface area contributed by atoms with Gasteiger partial charge in [-0.15, -0.1) is 0 Å². The Bertz CT molecular complexity index is 245. The van der Waals surface area contributed by atoms with Gasteiger partial charge in [0.2, 0.25) is 5.44 Å². The molecule has 0 aliphatic carbocycles. The summed E-state index contributed by atoms with van der Waals surface area (Å²) < 4.78 is 31.2. The fraction of sp³-hybridized carbons (Fsp3) is 1.00. The van der Waals surface area contributed by atoms with E-state index in [9.17, 15) is 13.5 Å². The molecule has 0 saturated heterocycles. The molecule has 1 unspecified atom stereocenters. The minimum absolute atomic E-state index is 0.243. The number of aliphatic hydroxyl groups excluding tert-OH is 1. The van der Waals surface area contributed by atoms with E-state index in [1.54, 1.807) is 0 Å². The van der Waals surface area contributed by atoms with Crippen LogP contribution in [0.3, 0.4) is 0 Å². The summed E-state index contributed by atoms with van der Waals surface area (Å²) in [5, 5.41) is 9.20. The Balaban J connectivity index is 3.87. The Morgan fingerprint density at radius 1 is 1.20 bits per heavy atom. The highest BCUT2D eigenvalue weighted by Gasteiger charge is 2.22. The van der Waals surface area contributed by atoms with Gasteiger partial charge in [-0.05, 0) is 5.92 Å². The Labute approximate surface area is 91.5 Å². The van der Waals surface area contributed by atoms with E-state index in [1.165, 1.54) is 0 Å². The maximum atomic E-state index is 11.0. The third-order valence-corrected chi connectivity index (χ3v) is 3.60. The molecular weight excluding hydrogens is 220 g/mol. The highest BCUT2D eigenvalue weighted by atomic mass is 32.2. The first-order chi connectivity index (χ1) is 6.97. The minimum Gasteiger partial charge on any atom is -0.377 e. The van der Waals surface area contributed by atoms with Crippen molar-refractivity contribution in [3.05, 3.63) is 0 Å². The SMILES string of the molecule is CCC(CC)COCC(O)S(=O)(=O)OC. The summed E-state index contributed by atoms with van der Waals surface area (Å²) in [6.07, 6.45) is 1.95. The van der Waals surface area contributed by atoms with Gasteiger partial charge in [-0.25, -0.2) is 0 Å². The van der Waals surface area contributed by atoms with Crippen LogP contribution in [0.1, 0.15) is 26.7 Å². The lowest BCUT2D eigenvalue weighted by Crippen LogP contribution is -2.28. The van der Waals surface area contributed by atoms with Crippen LogP contribution < -0.4 is 0 Å². The lowest BCUT2D eigenvalue weighted by molar-refractivity contribution is 0.0466. The summed E-state index contributed by atoms with van der Waals surface area (Å²) in [5.74, 6) is 0.405. The van der Waals surface area contributed by atoms with Crippen LogP contribution in [0.5, 0.6) is 0 Å². The minimum atomic E-state index is -3.88. The first-order valence-corrected chi connectivity index (χ1v) is 6.50. The fourth-order valence-corrected chi connectivity index (χ4v) is 1.54. The Morgan fingerprint density at radius 3 is 2.13 bits per heavy atom. The number of rotatable bonds is 8. The first kappa shape index (κ1) is 14.8. The molecule has 0 aromatic heterocycles. The zero-order chi connectivity index (χ0) is 11.9. The molecule has 1 N–H and O–H groups in total. The standard InChI is InChI=1S/C9H20O5S/c1-4-8(5-2)6-14-7-9(10)15(11,12)13-3/h8-10H,4-7H2,1-3H3. The maximum Gasteiger partial charge on any atom is 0.296 e. The molecule has 0 amide bonds. The summed E-state index contributed by atoms with van der Waals surface area (Å²) in [4.78, 5) is 0. The zero-order valence-electron chi connectivity index (χ0n) is 9.47. The molecule has 0 heterocycles. The van der Waals surface area contributed by atoms with Crippen molar-refractivity contribution in [1.82, 2.24) is 0 Å². The summed E-state index contributed by atoms with van der Waals surface area (Å²) in [6, 6.07) is 0. The van der Waals surface area contributed by atoms with E-state index in [-0.39, 0.29) is 6.61 Å². The van der Waals surface area contributed by atoms with E-state index in [1.807, 2.05) is 13.8 Å². The Hall–Kier alpha value is -0.170. The number of hydrogen-bond donors (Lipinski definition) is 1. The molecule has 0 fully saturated rings. The van der Waals surface area contributed by atoms with Crippen molar-refractivity contribution in [2.75, 3.05) is 20.3 Å². The van der Waals surface area contributed by atoms with Gasteiger partial charge in [-0.2, -0.15) is 8.42 Å². The van der Waals surface area contributed by atoms with Gasteiger partial charge in [0.15, 0.2) is 0 Å². The van der Waals surface area contributed by atoms with Crippen LogP contribution in [0.15, 0.2) is 0 Å². The predicted molar refractivity (Wildman–Crippen MR) is 56.8 cm³/mol. The van der Waals surface area contributed by atoms with Crippen molar-refractivity contribution in [2.24, 2.45) is 5.92 Å². The molecule has 0 spiro atoms. The maximum absolute atomic E-state index is 11.0. The molecule has 0 rings (SSSR count). The van der Waals surface area contributed by atoms with Crippen LogP contribution in [-0.2, 0) is 19.0 Å². The van der Waals surface area contributed by atoms with Crippen LogP contribution in [0, 0.1) is 5.92 Å². The molecular formula is C9H20O5S. The average Bonchev–Trinajstić information content (AvgIpc) is 2.24. The van der Waals surface area contributed by atoms with Crippen molar-refractivity contribution < 1.29 is 22.4 Å². The van der Waals surface area contributed by atoms with E-state index < -0.39 is 15.6 Å². The van der Waals surface area contributed by atoms with Gasteiger partial charge in [0.25, 0.3) is 10.1 Å². The van der Waals surface area contributed by atoms with Crippen LogP contribution in [0.4, 0.5) is 0 Å². The molecule has 0 bridgehead atoms. The molecule has 0 saturated carbocycles. The number of hydrogen-bond acceptors (Lipinski definition) is 5. The summed E-state index contributed by atoms with van der Waals surface area (Å²) >= 11 is 0. The van der Waals surface area contributed by atoms with Crippen LogP contribution in [0.25, 0.3) is 0 Å². The first-order valence-electron chi connectivity index (χ1n) is 5.03. The van der Waals surface area contributed by atoms with Crippen molar-refractivity contribution in [1.29, 1.82) is 0 Å². The van der Waals surface area contributed by atoms with E-state index >= 15 is 0 Å². The van der Waals surface area contributed by atoms with E-state index in [0.29, 0.717) is 12.5 Å². The molecule has 0 aliphatic heterocycles. The second-order valence-corrected chi connectivity index (χ2v) is 5.20. The molecule has 5 nitrogen and oxygen atoms in total. The normalized spacial score (nSPS) is 14.5. The Morgan fingerprint density at radius 2 is 1.73 bits per heavy atom. The largest absolute Gasteiger partial charge is 0.377 e. The number of aliphatic hydroxyl groups is 1. The molecule has 0 aliphatic rings. The molecule has 0 radical (unpaired) electrons. The molecule has 0 aromatic rings. The lowest BCUT2D eigenvalue weighted by Gasteiger charge is -2.14. The monoisotopic (exact) mass is 240 g/mol. The van der Waals surface area contributed by atoms with Gasteiger partial charge in [0, 0.05) is 6.61 Å². The van der Waals surface area contributed by atoms with Crippen LogP contribution >= 0.6 is 0 Å². The highest BCUT2D eigenvalue weighted by molar-refractivity contribution is 7.87. The van der Waals surface area contributed by atoms with E-state index in [4.69, 9.17) is 4.74 Å². The third-order valence-electron chi connectivity index (χ3n) is 2.33. The topological polar surface area (TPSA) is 72.8 Å². The second-order valence-electron chi connectivity index (χ2n) is 3.33. The zero-order valence-corrected chi connectivity index (χ0v) is 10.3. The van der Waals surface area contributed by atoms with Gasteiger partial charge < -0.3 is 9.84 Å². The van der Waals surface area contributed by atoms with Crippen molar-refractivity contribution in [3.8, 4) is 0 Å². The summed E-state index contributed by atoms with van der Waals surface area (Å²) in [5.41, 5.74) is -1.60. The third kappa shape index (κ3) is 5.46. The quantitative estimate of drug-likeness (QED) is 0.633. The molecule has 6 heteroatoms. The Kier molecular flexibility index (Phi) is 7.08. The van der Waals surface area contributed by atoms with Gasteiger partial charge in [0.05, 0.1) is 13.7 Å². The second kappa shape index (κ2) is 7.16. The molecule has 1 atom stereocenters. The highest BCUT2D eigenvalue weighted by Crippen LogP contribution is 2.08. The van der Waals surface area contributed by atoms with Crippen molar-refractivity contribution >= 4 is 10.1 Å². The van der Waals surface area contributed by atoms with Crippen molar-refractivity contribution in [2.45, 2.75) is 32.1 Å². The van der Waals surface area contributed by atoms with E-state index in [2.05, 4.69) is 4.18 Å². The summed E-state index contributed by atoms with van der Waals surface area (Å²) in [6.45, 7) is 4.30. The molecule has 0 aromatic carbocycles. The van der Waals surface area contributed by atoms with Crippen LogP contribution in [-0.4, -0.2) is 39.3 Å².